The first-order valence-corrected chi connectivity index (χ1v) is 8.25. The monoisotopic (exact) mass is 294 g/mol. The number of nitrogens with one attached hydrogen (secondary N) is 1. The average Bonchev–Trinajstić information content (AvgIpc) is 2.61. The Bertz CT molecular complexity index is 431. The molecule has 3 heteroatoms. The van der Waals surface area contributed by atoms with Crippen molar-refractivity contribution in [3.8, 4) is 0 Å². The molecule has 1 aliphatic rings. The number of hydrogen-bond acceptors (Lipinski definition) is 2. The van der Waals surface area contributed by atoms with Gasteiger partial charge < -0.3 is 10.2 Å². The van der Waals surface area contributed by atoms with E-state index in [2.05, 4.69) is 43.1 Å². The number of hydrogen-bond donors (Lipinski definition) is 1. The maximum atomic E-state index is 6.45. The van der Waals surface area contributed by atoms with Gasteiger partial charge in [0.05, 0.1) is 0 Å². The van der Waals surface area contributed by atoms with Crippen LogP contribution in [0, 0.1) is 0 Å². The molecule has 112 valence electrons. The highest BCUT2D eigenvalue weighted by atomic mass is 35.5. The van der Waals surface area contributed by atoms with Crippen LogP contribution in [0.1, 0.15) is 52.0 Å². The molecule has 1 heterocycles. The summed E-state index contributed by atoms with van der Waals surface area (Å²) in [5, 5.41) is 4.38. The molecule has 0 saturated carbocycles. The number of anilines is 1. The Morgan fingerprint density at radius 3 is 2.85 bits per heavy atom. The van der Waals surface area contributed by atoms with E-state index in [1.807, 2.05) is 6.07 Å². The smallest absolute Gasteiger partial charge is 0.0471 e. The van der Waals surface area contributed by atoms with E-state index in [4.69, 9.17) is 11.6 Å². The highest BCUT2D eigenvalue weighted by molar-refractivity contribution is 6.31. The van der Waals surface area contributed by atoms with Gasteiger partial charge in [0, 0.05) is 41.4 Å². The molecule has 1 aliphatic heterocycles. The van der Waals surface area contributed by atoms with Gasteiger partial charge in [0.15, 0.2) is 0 Å². The SMILES string of the molecule is CC(C)NCc1c(Cl)cccc1N1CCCCCC1C. The van der Waals surface area contributed by atoms with Gasteiger partial charge in [0.1, 0.15) is 0 Å². The second-order valence-electron chi connectivity index (χ2n) is 6.16. The van der Waals surface area contributed by atoms with Gasteiger partial charge in [0.2, 0.25) is 0 Å². The third-order valence-corrected chi connectivity index (χ3v) is 4.50. The second kappa shape index (κ2) is 7.33. The quantitative estimate of drug-likeness (QED) is 0.872. The maximum Gasteiger partial charge on any atom is 0.0471 e. The molecular weight excluding hydrogens is 268 g/mol. The van der Waals surface area contributed by atoms with Crippen molar-refractivity contribution < 1.29 is 0 Å². The molecule has 0 spiro atoms. The predicted molar refractivity (Wildman–Crippen MR) is 88.7 cm³/mol. The Morgan fingerprint density at radius 2 is 2.10 bits per heavy atom. The van der Waals surface area contributed by atoms with Crippen LogP contribution in [-0.4, -0.2) is 18.6 Å². The summed E-state index contributed by atoms with van der Waals surface area (Å²) in [6, 6.07) is 7.39. The van der Waals surface area contributed by atoms with Crippen LogP contribution in [0.5, 0.6) is 0 Å². The summed E-state index contributed by atoms with van der Waals surface area (Å²) in [5.74, 6) is 0. The molecule has 2 rings (SSSR count). The van der Waals surface area contributed by atoms with Crippen LogP contribution in [0.2, 0.25) is 5.02 Å². The van der Waals surface area contributed by atoms with E-state index < -0.39 is 0 Å². The molecule has 0 radical (unpaired) electrons. The summed E-state index contributed by atoms with van der Waals surface area (Å²) in [5.41, 5.74) is 2.57. The molecule has 1 fully saturated rings. The number of benzene rings is 1. The second-order valence-corrected chi connectivity index (χ2v) is 6.57. The summed E-state index contributed by atoms with van der Waals surface area (Å²) in [4.78, 5) is 2.55. The first-order valence-electron chi connectivity index (χ1n) is 7.87. The molecular formula is C17H27ClN2. The lowest BCUT2D eigenvalue weighted by Crippen LogP contribution is -2.34. The first-order chi connectivity index (χ1) is 9.59. The lowest BCUT2D eigenvalue weighted by atomic mass is 10.1. The Morgan fingerprint density at radius 1 is 1.30 bits per heavy atom. The Balaban J connectivity index is 2.26. The van der Waals surface area contributed by atoms with Gasteiger partial charge in [-0.25, -0.2) is 0 Å². The standard InChI is InChI=1S/C17H27ClN2/c1-13(2)19-12-15-16(18)9-7-10-17(15)20-11-6-4-5-8-14(20)3/h7,9-10,13-14,19H,4-6,8,11-12H2,1-3H3. The Labute approximate surface area is 128 Å². The molecule has 0 bridgehead atoms. The normalized spacial score (nSPS) is 20.2. The summed E-state index contributed by atoms with van der Waals surface area (Å²) in [7, 11) is 0. The Hall–Kier alpha value is -0.730. The molecule has 1 aromatic rings. The van der Waals surface area contributed by atoms with Crippen molar-refractivity contribution in [3.05, 3.63) is 28.8 Å². The van der Waals surface area contributed by atoms with Crippen molar-refractivity contribution in [1.29, 1.82) is 0 Å². The summed E-state index contributed by atoms with van der Waals surface area (Å²) >= 11 is 6.45. The summed E-state index contributed by atoms with van der Waals surface area (Å²) in [6.07, 6.45) is 5.26. The van der Waals surface area contributed by atoms with Gasteiger partial charge in [-0.3, -0.25) is 0 Å². The Kier molecular flexibility index (Phi) is 5.74. The minimum atomic E-state index is 0.473. The van der Waals surface area contributed by atoms with Crippen LogP contribution in [0.3, 0.4) is 0 Å². The van der Waals surface area contributed by atoms with Crippen LogP contribution in [0.25, 0.3) is 0 Å². The lowest BCUT2D eigenvalue weighted by molar-refractivity contribution is 0.581. The molecule has 1 unspecified atom stereocenters. The summed E-state index contributed by atoms with van der Waals surface area (Å²) in [6.45, 7) is 8.67. The van der Waals surface area contributed by atoms with Crippen molar-refractivity contribution in [3.63, 3.8) is 0 Å². The third-order valence-electron chi connectivity index (χ3n) is 4.14. The van der Waals surface area contributed by atoms with E-state index >= 15 is 0 Å². The molecule has 0 aliphatic carbocycles. The van der Waals surface area contributed by atoms with Crippen LogP contribution in [-0.2, 0) is 6.54 Å². The highest BCUT2D eigenvalue weighted by Crippen LogP contribution is 2.31. The zero-order valence-electron chi connectivity index (χ0n) is 13.0. The fourth-order valence-corrected chi connectivity index (χ4v) is 3.17. The number of rotatable bonds is 4. The maximum absolute atomic E-state index is 6.45. The molecule has 1 atom stereocenters. The van der Waals surface area contributed by atoms with E-state index in [-0.39, 0.29) is 0 Å². The van der Waals surface area contributed by atoms with E-state index in [1.54, 1.807) is 0 Å². The lowest BCUT2D eigenvalue weighted by Gasteiger charge is -2.32. The van der Waals surface area contributed by atoms with E-state index in [1.165, 1.54) is 36.9 Å². The van der Waals surface area contributed by atoms with Gasteiger partial charge in [-0.2, -0.15) is 0 Å². The van der Waals surface area contributed by atoms with Gasteiger partial charge in [0.25, 0.3) is 0 Å². The predicted octanol–water partition coefficient (Wildman–Crippen LogP) is 4.61. The molecule has 1 aromatic carbocycles. The number of nitrogens with zero attached hydrogens (tertiary/aromatic N) is 1. The van der Waals surface area contributed by atoms with Crippen molar-refractivity contribution >= 4 is 17.3 Å². The van der Waals surface area contributed by atoms with Gasteiger partial charge in [-0.1, -0.05) is 44.4 Å². The molecule has 20 heavy (non-hydrogen) atoms. The van der Waals surface area contributed by atoms with Crippen molar-refractivity contribution in [2.75, 3.05) is 11.4 Å². The molecule has 1 N–H and O–H groups in total. The van der Waals surface area contributed by atoms with Crippen molar-refractivity contribution in [2.45, 2.75) is 65.1 Å². The minimum Gasteiger partial charge on any atom is -0.369 e. The highest BCUT2D eigenvalue weighted by Gasteiger charge is 2.20. The summed E-state index contributed by atoms with van der Waals surface area (Å²) < 4.78 is 0. The topological polar surface area (TPSA) is 15.3 Å². The molecule has 0 aromatic heterocycles. The van der Waals surface area contributed by atoms with Crippen LogP contribution in [0.15, 0.2) is 18.2 Å². The fourth-order valence-electron chi connectivity index (χ4n) is 2.93. The van der Waals surface area contributed by atoms with Crippen molar-refractivity contribution in [2.24, 2.45) is 0 Å². The van der Waals surface area contributed by atoms with Crippen LogP contribution < -0.4 is 10.2 Å². The first kappa shape index (κ1) is 15.7. The third kappa shape index (κ3) is 3.89. The van der Waals surface area contributed by atoms with E-state index in [0.29, 0.717) is 12.1 Å². The van der Waals surface area contributed by atoms with E-state index in [0.717, 1.165) is 18.1 Å². The zero-order valence-corrected chi connectivity index (χ0v) is 13.7. The largest absolute Gasteiger partial charge is 0.369 e. The minimum absolute atomic E-state index is 0.473. The van der Waals surface area contributed by atoms with Gasteiger partial charge in [-0.05, 0) is 31.9 Å². The molecule has 1 saturated heterocycles. The zero-order chi connectivity index (χ0) is 14.5. The molecule has 0 amide bonds. The van der Waals surface area contributed by atoms with E-state index in [9.17, 15) is 0 Å². The van der Waals surface area contributed by atoms with Crippen LogP contribution >= 0.6 is 11.6 Å². The average molecular weight is 295 g/mol. The van der Waals surface area contributed by atoms with Gasteiger partial charge >= 0.3 is 0 Å². The van der Waals surface area contributed by atoms with Gasteiger partial charge in [-0.15, -0.1) is 0 Å². The van der Waals surface area contributed by atoms with Crippen molar-refractivity contribution in [1.82, 2.24) is 5.32 Å². The fraction of sp³-hybridized carbons (Fsp3) is 0.647. The van der Waals surface area contributed by atoms with Crippen LogP contribution in [0.4, 0.5) is 5.69 Å². The number of halogens is 1. The molecule has 2 nitrogen and oxygen atoms in total.